The molecular weight excluding hydrogens is 234 g/mol. The standard InChI is InChI=1S/C17H25NO/c1-12-8-9-16-14(10-12)15(18)11-17(19-16)13-6-4-2-3-5-7-13/h8-10,13,15,17H,2-7,11,18H2,1H3/t15-,17?/m0/s1. The summed E-state index contributed by atoms with van der Waals surface area (Å²) in [5.41, 5.74) is 8.84. The average Bonchev–Trinajstić information content (AvgIpc) is 2.68. The fourth-order valence-corrected chi connectivity index (χ4v) is 3.62. The molecule has 0 radical (unpaired) electrons. The second kappa shape index (κ2) is 5.54. The molecule has 0 aromatic heterocycles. The molecule has 1 saturated carbocycles. The highest BCUT2D eigenvalue weighted by atomic mass is 16.5. The van der Waals surface area contributed by atoms with Crippen molar-refractivity contribution in [3.05, 3.63) is 29.3 Å². The first-order valence-corrected chi connectivity index (χ1v) is 7.77. The quantitative estimate of drug-likeness (QED) is 0.770. The Morgan fingerprint density at radius 1 is 1.11 bits per heavy atom. The molecule has 2 nitrogen and oxygen atoms in total. The molecule has 0 bridgehead atoms. The molecular formula is C17H25NO. The fourth-order valence-electron chi connectivity index (χ4n) is 3.62. The molecule has 0 amide bonds. The Bertz CT molecular complexity index is 435. The van der Waals surface area contributed by atoms with E-state index in [2.05, 4.69) is 25.1 Å². The van der Waals surface area contributed by atoms with Crippen molar-refractivity contribution in [2.75, 3.05) is 0 Å². The number of fused-ring (bicyclic) bond motifs is 1. The number of hydrogen-bond donors (Lipinski definition) is 1. The Morgan fingerprint density at radius 3 is 2.58 bits per heavy atom. The Morgan fingerprint density at radius 2 is 1.84 bits per heavy atom. The molecule has 1 aliphatic carbocycles. The van der Waals surface area contributed by atoms with Gasteiger partial charge in [0, 0.05) is 18.0 Å². The zero-order valence-corrected chi connectivity index (χ0v) is 11.9. The minimum absolute atomic E-state index is 0.150. The van der Waals surface area contributed by atoms with Crippen LogP contribution in [-0.4, -0.2) is 6.10 Å². The molecule has 2 N–H and O–H groups in total. The first-order valence-electron chi connectivity index (χ1n) is 7.77. The van der Waals surface area contributed by atoms with Gasteiger partial charge in [-0.3, -0.25) is 0 Å². The van der Waals surface area contributed by atoms with Crippen LogP contribution in [0.25, 0.3) is 0 Å². The molecule has 1 unspecified atom stereocenters. The summed E-state index contributed by atoms with van der Waals surface area (Å²) < 4.78 is 6.27. The van der Waals surface area contributed by atoms with Gasteiger partial charge >= 0.3 is 0 Å². The number of benzene rings is 1. The van der Waals surface area contributed by atoms with Crippen LogP contribution in [0.15, 0.2) is 18.2 Å². The Labute approximate surface area is 116 Å². The van der Waals surface area contributed by atoms with Gasteiger partial charge < -0.3 is 10.5 Å². The molecule has 0 spiro atoms. The van der Waals surface area contributed by atoms with Gasteiger partial charge in [-0.1, -0.05) is 43.4 Å². The topological polar surface area (TPSA) is 35.2 Å². The summed E-state index contributed by atoms with van der Waals surface area (Å²) in [7, 11) is 0. The van der Waals surface area contributed by atoms with Crippen LogP contribution in [0.5, 0.6) is 5.75 Å². The number of hydrogen-bond acceptors (Lipinski definition) is 2. The number of nitrogens with two attached hydrogens (primary N) is 1. The van der Waals surface area contributed by atoms with E-state index in [1.54, 1.807) is 0 Å². The van der Waals surface area contributed by atoms with Gasteiger partial charge in [0.2, 0.25) is 0 Å². The van der Waals surface area contributed by atoms with Gasteiger partial charge in [0.1, 0.15) is 11.9 Å². The van der Waals surface area contributed by atoms with Gasteiger partial charge in [-0.25, -0.2) is 0 Å². The molecule has 1 aromatic carbocycles. The molecule has 104 valence electrons. The summed E-state index contributed by atoms with van der Waals surface area (Å²) in [6.45, 7) is 2.12. The van der Waals surface area contributed by atoms with E-state index in [9.17, 15) is 0 Å². The lowest BCUT2D eigenvalue weighted by atomic mass is 9.86. The molecule has 1 heterocycles. The summed E-state index contributed by atoms with van der Waals surface area (Å²) in [6, 6.07) is 6.56. The molecule has 1 fully saturated rings. The largest absolute Gasteiger partial charge is 0.490 e. The van der Waals surface area contributed by atoms with Crippen molar-refractivity contribution >= 4 is 0 Å². The second-order valence-electron chi connectivity index (χ2n) is 6.29. The Kier molecular flexibility index (Phi) is 3.79. The molecule has 2 heteroatoms. The molecule has 19 heavy (non-hydrogen) atoms. The third-order valence-electron chi connectivity index (χ3n) is 4.75. The minimum Gasteiger partial charge on any atom is -0.490 e. The SMILES string of the molecule is Cc1ccc2c(c1)[C@@H](N)CC(C1CCCCCC1)O2. The minimum atomic E-state index is 0.150. The van der Waals surface area contributed by atoms with Crippen LogP contribution in [0.4, 0.5) is 0 Å². The van der Waals surface area contributed by atoms with Crippen molar-refractivity contribution in [2.24, 2.45) is 11.7 Å². The summed E-state index contributed by atoms with van der Waals surface area (Å²) in [4.78, 5) is 0. The van der Waals surface area contributed by atoms with Crippen molar-refractivity contribution in [3.8, 4) is 5.75 Å². The van der Waals surface area contributed by atoms with Gasteiger partial charge in [0.25, 0.3) is 0 Å². The van der Waals surface area contributed by atoms with E-state index in [1.165, 1.54) is 49.7 Å². The highest BCUT2D eigenvalue weighted by Gasteiger charge is 2.31. The van der Waals surface area contributed by atoms with Crippen molar-refractivity contribution in [3.63, 3.8) is 0 Å². The van der Waals surface area contributed by atoms with Crippen LogP contribution < -0.4 is 10.5 Å². The first-order chi connectivity index (χ1) is 9.24. The summed E-state index contributed by atoms with van der Waals surface area (Å²) in [6.07, 6.45) is 9.47. The smallest absolute Gasteiger partial charge is 0.124 e. The number of aryl methyl sites for hydroxylation is 1. The molecule has 1 aliphatic heterocycles. The first kappa shape index (κ1) is 13.0. The number of ether oxygens (including phenoxy) is 1. The molecule has 1 aromatic rings. The lowest BCUT2D eigenvalue weighted by Gasteiger charge is -2.35. The highest BCUT2D eigenvalue weighted by molar-refractivity contribution is 5.40. The highest BCUT2D eigenvalue weighted by Crippen LogP contribution is 2.39. The van der Waals surface area contributed by atoms with Crippen molar-refractivity contribution in [1.29, 1.82) is 0 Å². The van der Waals surface area contributed by atoms with Gasteiger partial charge in [0.15, 0.2) is 0 Å². The third-order valence-corrected chi connectivity index (χ3v) is 4.75. The zero-order valence-electron chi connectivity index (χ0n) is 11.9. The van der Waals surface area contributed by atoms with Gasteiger partial charge in [-0.15, -0.1) is 0 Å². The van der Waals surface area contributed by atoms with E-state index in [0.717, 1.165) is 12.2 Å². The van der Waals surface area contributed by atoms with Gasteiger partial charge in [-0.2, -0.15) is 0 Å². The van der Waals surface area contributed by atoms with Crippen molar-refractivity contribution in [1.82, 2.24) is 0 Å². The molecule has 0 saturated heterocycles. The maximum Gasteiger partial charge on any atom is 0.124 e. The normalized spacial score (nSPS) is 28.3. The summed E-state index contributed by atoms with van der Waals surface area (Å²) in [5, 5.41) is 0. The third kappa shape index (κ3) is 2.79. The summed E-state index contributed by atoms with van der Waals surface area (Å²) >= 11 is 0. The molecule has 2 aliphatic rings. The van der Waals surface area contributed by atoms with Crippen LogP contribution in [0, 0.1) is 12.8 Å². The lowest BCUT2D eigenvalue weighted by Crippen LogP contribution is -2.35. The predicted molar refractivity (Wildman–Crippen MR) is 78.3 cm³/mol. The maximum absolute atomic E-state index is 6.37. The van der Waals surface area contributed by atoms with E-state index in [1.807, 2.05) is 0 Å². The van der Waals surface area contributed by atoms with E-state index in [4.69, 9.17) is 10.5 Å². The Hall–Kier alpha value is -1.02. The van der Waals surface area contributed by atoms with Crippen LogP contribution in [0.2, 0.25) is 0 Å². The van der Waals surface area contributed by atoms with Crippen LogP contribution >= 0.6 is 0 Å². The van der Waals surface area contributed by atoms with E-state index in [0.29, 0.717) is 12.0 Å². The summed E-state index contributed by atoms with van der Waals surface area (Å²) in [5.74, 6) is 1.74. The number of rotatable bonds is 1. The average molecular weight is 259 g/mol. The maximum atomic E-state index is 6.37. The van der Waals surface area contributed by atoms with Gasteiger partial charge in [0.05, 0.1) is 0 Å². The predicted octanol–water partition coefficient (Wildman–Crippen LogP) is 4.12. The van der Waals surface area contributed by atoms with Crippen LogP contribution in [0.3, 0.4) is 0 Å². The zero-order chi connectivity index (χ0) is 13.2. The van der Waals surface area contributed by atoms with E-state index in [-0.39, 0.29) is 6.04 Å². The Balaban J connectivity index is 1.78. The monoisotopic (exact) mass is 259 g/mol. The van der Waals surface area contributed by atoms with Crippen LogP contribution in [-0.2, 0) is 0 Å². The van der Waals surface area contributed by atoms with Crippen LogP contribution in [0.1, 0.15) is 62.1 Å². The van der Waals surface area contributed by atoms with Gasteiger partial charge in [-0.05, 0) is 31.7 Å². The molecule has 2 atom stereocenters. The van der Waals surface area contributed by atoms with E-state index >= 15 is 0 Å². The van der Waals surface area contributed by atoms with Crippen molar-refractivity contribution in [2.45, 2.75) is 64.0 Å². The fraction of sp³-hybridized carbons (Fsp3) is 0.647. The lowest BCUT2D eigenvalue weighted by molar-refractivity contribution is 0.0905. The second-order valence-corrected chi connectivity index (χ2v) is 6.29. The van der Waals surface area contributed by atoms with E-state index < -0.39 is 0 Å². The van der Waals surface area contributed by atoms with Crippen molar-refractivity contribution < 1.29 is 4.74 Å². The molecule has 3 rings (SSSR count).